The molecule has 4 aliphatic carbocycles. The van der Waals surface area contributed by atoms with E-state index in [1.54, 1.807) is 0 Å². The molecule has 2 heteroatoms. The molecule has 0 aromatic heterocycles. The van der Waals surface area contributed by atoms with Gasteiger partial charge in [-0.1, -0.05) is 31.9 Å². The molecule has 25 heavy (non-hydrogen) atoms. The summed E-state index contributed by atoms with van der Waals surface area (Å²) in [5.74, 6) is 3.75. The number of hydrogen-bond donors (Lipinski definition) is 0. The van der Waals surface area contributed by atoms with Crippen LogP contribution in [0, 0.1) is 40.4 Å². The van der Waals surface area contributed by atoms with Crippen LogP contribution in [-0.4, -0.2) is 11.6 Å². The first-order valence-corrected chi connectivity index (χ1v) is 10.4. The maximum Gasteiger partial charge on any atom is 0.136 e. The number of ketones is 2. The lowest BCUT2D eigenvalue weighted by atomic mass is 9.46. The van der Waals surface area contributed by atoms with E-state index >= 15 is 0 Å². The Morgan fingerprint density at radius 2 is 1.88 bits per heavy atom. The van der Waals surface area contributed by atoms with Gasteiger partial charge in [0.2, 0.25) is 0 Å². The fourth-order valence-electron chi connectivity index (χ4n) is 8.15. The van der Waals surface area contributed by atoms with Gasteiger partial charge in [0.05, 0.1) is 0 Å². The van der Waals surface area contributed by atoms with Crippen LogP contribution in [-0.2, 0) is 9.59 Å². The molecule has 3 saturated carbocycles. The fourth-order valence-corrected chi connectivity index (χ4v) is 8.15. The van der Waals surface area contributed by atoms with Gasteiger partial charge in [-0.15, -0.1) is 0 Å². The molecule has 0 aromatic rings. The quantitative estimate of drug-likeness (QED) is 0.601. The summed E-state index contributed by atoms with van der Waals surface area (Å²) in [7, 11) is 0. The summed E-state index contributed by atoms with van der Waals surface area (Å²) in [6, 6.07) is 0. The van der Waals surface area contributed by atoms with Gasteiger partial charge < -0.3 is 0 Å². The smallest absolute Gasteiger partial charge is 0.136 e. The molecule has 0 bridgehead atoms. The third kappa shape index (κ3) is 2.28. The highest BCUT2D eigenvalue weighted by Crippen LogP contribution is 2.68. The average Bonchev–Trinajstić information content (AvgIpc) is 2.80. The molecular formula is C23H34O2. The molecular weight excluding hydrogens is 308 g/mol. The Hall–Kier alpha value is -0.920. The largest absolute Gasteiger partial charge is 0.300 e. The first-order chi connectivity index (χ1) is 11.7. The van der Waals surface area contributed by atoms with Crippen molar-refractivity contribution in [3.63, 3.8) is 0 Å². The highest BCUT2D eigenvalue weighted by Gasteiger charge is 2.61. The Morgan fingerprint density at radius 3 is 2.56 bits per heavy atom. The van der Waals surface area contributed by atoms with Crippen molar-refractivity contribution in [2.75, 3.05) is 0 Å². The van der Waals surface area contributed by atoms with Crippen molar-refractivity contribution < 1.29 is 9.59 Å². The lowest BCUT2D eigenvalue weighted by molar-refractivity contribution is -0.130. The topological polar surface area (TPSA) is 34.1 Å². The molecule has 0 aromatic carbocycles. The molecule has 3 fully saturated rings. The summed E-state index contributed by atoms with van der Waals surface area (Å²) in [6.45, 7) is 11.3. The Morgan fingerprint density at radius 1 is 1.16 bits per heavy atom. The second kappa shape index (κ2) is 5.54. The third-order valence-electron chi connectivity index (χ3n) is 9.08. The van der Waals surface area contributed by atoms with E-state index in [0.717, 1.165) is 18.8 Å². The van der Waals surface area contributed by atoms with Crippen LogP contribution >= 0.6 is 0 Å². The maximum absolute atomic E-state index is 12.4. The van der Waals surface area contributed by atoms with E-state index in [9.17, 15) is 9.59 Å². The van der Waals surface area contributed by atoms with Crippen LogP contribution in [0.3, 0.4) is 0 Å². The van der Waals surface area contributed by atoms with Crippen LogP contribution in [0.25, 0.3) is 0 Å². The number of hydrogen-bond acceptors (Lipinski definition) is 2. The minimum absolute atomic E-state index is 0.199. The van der Waals surface area contributed by atoms with E-state index in [1.807, 2.05) is 6.92 Å². The summed E-state index contributed by atoms with van der Waals surface area (Å²) in [4.78, 5) is 24.5. The van der Waals surface area contributed by atoms with Crippen LogP contribution in [0.1, 0.15) is 79.6 Å². The van der Waals surface area contributed by atoms with Crippen molar-refractivity contribution in [2.45, 2.75) is 79.6 Å². The van der Waals surface area contributed by atoms with Crippen molar-refractivity contribution in [2.24, 2.45) is 40.4 Å². The summed E-state index contributed by atoms with van der Waals surface area (Å²) < 4.78 is 0. The van der Waals surface area contributed by atoms with E-state index in [2.05, 4.69) is 27.7 Å². The van der Waals surface area contributed by atoms with E-state index < -0.39 is 0 Å². The van der Waals surface area contributed by atoms with Gasteiger partial charge in [0.1, 0.15) is 11.6 Å². The normalized spacial score (nSPS) is 49.5. The lowest BCUT2D eigenvalue weighted by Gasteiger charge is -2.58. The molecule has 0 unspecified atom stereocenters. The van der Waals surface area contributed by atoms with Gasteiger partial charge in [0, 0.05) is 18.8 Å². The molecule has 2 nitrogen and oxygen atoms in total. The van der Waals surface area contributed by atoms with Crippen molar-refractivity contribution in [1.82, 2.24) is 0 Å². The minimum Gasteiger partial charge on any atom is -0.300 e. The molecule has 7 atom stereocenters. The number of carbonyl (C=O) groups is 2. The van der Waals surface area contributed by atoms with Crippen LogP contribution in [0.15, 0.2) is 11.1 Å². The number of allylic oxidation sites excluding steroid dienone is 2. The molecule has 4 aliphatic rings. The van der Waals surface area contributed by atoms with Crippen molar-refractivity contribution in [1.29, 1.82) is 0 Å². The summed E-state index contributed by atoms with van der Waals surface area (Å²) in [5, 5.41) is 0. The van der Waals surface area contributed by atoms with Crippen LogP contribution in [0.5, 0.6) is 0 Å². The molecule has 0 spiro atoms. The van der Waals surface area contributed by atoms with Gasteiger partial charge in [-0.25, -0.2) is 0 Å². The van der Waals surface area contributed by atoms with Crippen molar-refractivity contribution >= 4 is 11.6 Å². The number of fused-ring (bicyclic) bond motifs is 5. The van der Waals surface area contributed by atoms with Crippen LogP contribution < -0.4 is 0 Å². The first-order valence-electron chi connectivity index (χ1n) is 10.4. The molecule has 0 heterocycles. The van der Waals surface area contributed by atoms with Gasteiger partial charge in [0.25, 0.3) is 0 Å². The van der Waals surface area contributed by atoms with E-state index in [-0.39, 0.29) is 16.7 Å². The van der Waals surface area contributed by atoms with Crippen molar-refractivity contribution in [3.05, 3.63) is 11.1 Å². The van der Waals surface area contributed by atoms with Gasteiger partial charge in [-0.3, -0.25) is 9.59 Å². The molecule has 138 valence electrons. The fraction of sp³-hybridized carbons (Fsp3) is 0.826. The van der Waals surface area contributed by atoms with Gasteiger partial charge in [0.15, 0.2) is 0 Å². The molecule has 0 amide bonds. The third-order valence-corrected chi connectivity index (χ3v) is 9.08. The molecule has 0 aliphatic heterocycles. The zero-order valence-corrected chi connectivity index (χ0v) is 16.7. The maximum atomic E-state index is 12.4. The predicted octanol–water partition coefficient (Wildman–Crippen LogP) is 5.36. The predicted molar refractivity (Wildman–Crippen MR) is 100 cm³/mol. The van der Waals surface area contributed by atoms with E-state index in [4.69, 9.17) is 0 Å². The number of rotatable bonds is 1. The molecule has 4 rings (SSSR count). The summed E-state index contributed by atoms with van der Waals surface area (Å²) in [5.41, 5.74) is 3.42. The Bertz CT molecular complexity index is 659. The van der Waals surface area contributed by atoms with Crippen molar-refractivity contribution in [3.8, 4) is 0 Å². The van der Waals surface area contributed by atoms with Gasteiger partial charge >= 0.3 is 0 Å². The second-order valence-corrected chi connectivity index (χ2v) is 10.3. The second-order valence-electron chi connectivity index (χ2n) is 10.3. The lowest BCUT2D eigenvalue weighted by Crippen LogP contribution is -2.51. The summed E-state index contributed by atoms with van der Waals surface area (Å²) in [6.07, 6.45) is 7.36. The van der Waals surface area contributed by atoms with Gasteiger partial charge in [-0.05, 0) is 80.5 Å². The average molecular weight is 343 g/mol. The zero-order chi connectivity index (χ0) is 18.1. The first kappa shape index (κ1) is 17.5. The van der Waals surface area contributed by atoms with E-state index in [0.29, 0.717) is 35.7 Å². The minimum atomic E-state index is 0.199. The Balaban J connectivity index is 1.74. The number of carbonyl (C=O) groups excluding carboxylic acids is 2. The molecule has 0 saturated heterocycles. The monoisotopic (exact) mass is 342 g/mol. The molecule has 0 radical (unpaired) electrons. The highest BCUT2D eigenvalue weighted by atomic mass is 16.1. The highest BCUT2D eigenvalue weighted by molar-refractivity contribution is 5.83. The molecule has 0 N–H and O–H groups in total. The van der Waals surface area contributed by atoms with Crippen LogP contribution in [0.2, 0.25) is 0 Å². The standard InChI is InChI=1S/C23H34O2/c1-13-10-17-18(22(4)8-6-16(25)12-19(13)22)7-9-23(5)20(17)11-14(2)21(23)15(3)24/h14,17-18,20-21H,6-12H2,1-5H3/t14-,17-,18+,20+,21-,22-,23+/m1/s1. The van der Waals surface area contributed by atoms with Crippen LogP contribution in [0.4, 0.5) is 0 Å². The van der Waals surface area contributed by atoms with E-state index in [1.165, 1.54) is 36.8 Å². The Labute approximate surface area is 152 Å². The summed E-state index contributed by atoms with van der Waals surface area (Å²) >= 11 is 0. The zero-order valence-electron chi connectivity index (χ0n) is 16.7. The number of Topliss-reactive ketones (excluding diaryl/α,β-unsaturated/α-hetero) is 2. The Kier molecular flexibility index (Phi) is 3.87. The SMILES string of the molecule is CC(=O)[C@H]1[C@H](C)C[C@H]2[C@@H]3CC(C)=C4CC(=O)CC[C@]4(C)[C@H]3CC[C@@]21C. The van der Waals surface area contributed by atoms with Gasteiger partial charge in [-0.2, -0.15) is 0 Å².